The third-order valence-corrected chi connectivity index (χ3v) is 9.06. The molecule has 1 heterocycles. The lowest BCUT2D eigenvalue weighted by molar-refractivity contribution is -0.274. The fourth-order valence-corrected chi connectivity index (χ4v) is 6.48. The molecule has 1 saturated carbocycles. The SMILES string of the molecule is C=CC(=C)CC[C@]1(C)[C@H](C)[C@H](O)[C@H](O)[C@]23C(=C[C@H](OC(=O)[C@H](C)CC)C[C@H]12)[C@@H](OC(C)=O)O[C@H]3OC(C)=O. The van der Waals surface area contributed by atoms with Crippen molar-refractivity contribution in [3.63, 3.8) is 0 Å². The Morgan fingerprint density at radius 3 is 2.39 bits per heavy atom. The predicted octanol–water partition coefficient (Wildman–Crippen LogP) is 3.59. The molecule has 0 radical (unpaired) electrons. The summed E-state index contributed by atoms with van der Waals surface area (Å²) in [4.78, 5) is 37.0. The molecule has 3 aliphatic rings. The van der Waals surface area contributed by atoms with Crippen molar-refractivity contribution in [3.8, 4) is 0 Å². The maximum Gasteiger partial charge on any atom is 0.309 e. The van der Waals surface area contributed by atoms with Crippen molar-refractivity contribution in [1.29, 1.82) is 0 Å². The van der Waals surface area contributed by atoms with E-state index in [1.165, 1.54) is 13.8 Å². The summed E-state index contributed by atoms with van der Waals surface area (Å²) >= 11 is 0. The van der Waals surface area contributed by atoms with Gasteiger partial charge in [0.05, 0.1) is 23.5 Å². The van der Waals surface area contributed by atoms with Gasteiger partial charge < -0.3 is 24.4 Å². The Kier molecular flexibility index (Phi) is 8.95. The predicted molar refractivity (Wildman–Crippen MR) is 138 cm³/mol. The van der Waals surface area contributed by atoms with Gasteiger partial charge in [-0.15, -0.1) is 0 Å². The standard InChI is InChI=1S/C29H42O9/c1-9-15(3)11-12-28(8)17(5)23(32)24(33)29-21(26(35-18(6)30)38-27(29)36-19(7)31)13-20(14-22(28)29)37-25(34)16(4)10-2/h9,13,16-17,20,22-24,26-27,32-33H,1,3,10-12,14H2,2,4-8H3/t16-,17-,20+,22-,23+,24+,26+,27-,28-,29+/m1/s1. The highest BCUT2D eigenvalue weighted by Gasteiger charge is 2.73. The Hall–Kier alpha value is -2.49. The first-order chi connectivity index (χ1) is 17.7. The Labute approximate surface area is 224 Å². The lowest BCUT2D eigenvalue weighted by atomic mass is 9.44. The van der Waals surface area contributed by atoms with Crippen LogP contribution in [0.1, 0.15) is 67.2 Å². The van der Waals surface area contributed by atoms with Crippen LogP contribution in [0.4, 0.5) is 0 Å². The molecule has 0 amide bonds. The third-order valence-electron chi connectivity index (χ3n) is 9.06. The first kappa shape index (κ1) is 30.1. The van der Waals surface area contributed by atoms with Crippen LogP contribution in [0.3, 0.4) is 0 Å². The molecule has 38 heavy (non-hydrogen) atoms. The van der Waals surface area contributed by atoms with Crippen LogP contribution in [-0.4, -0.2) is 59.0 Å². The van der Waals surface area contributed by atoms with E-state index in [0.29, 0.717) is 24.8 Å². The largest absolute Gasteiger partial charge is 0.458 e. The van der Waals surface area contributed by atoms with Crippen molar-refractivity contribution in [2.75, 3.05) is 0 Å². The van der Waals surface area contributed by atoms with Crippen LogP contribution in [0.2, 0.25) is 0 Å². The molecule has 0 aromatic rings. The second-order valence-electron chi connectivity index (χ2n) is 11.2. The summed E-state index contributed by atoms with van der Waals surface area (Å²) in [6.07, 6.45) is -0.661. The van der Waals surface area contributed by atoms with Gasteiger partial charge in [-0.25, -0.2) is 0 Å². The fourth-order valence-electron chi connectivity index (χ4n) is 6.48. The summed E-state index contributed by atoms with van der Waals surface area (Å²) in [5.41, 5.74) is -0.972. The molecular weight excluding hydrogens is 492 g/mol. The number of esters is 3. The summed E-state index contributed by atoms with van der Waals surface area (Å²) in [5, 5.41) is 23.2. The number of ether oxygens (including phenoxy) is 4. The highest BCUT2D eigenvalue weighted by molar-refractivity contribution is 5.72. The number of carbonyl (C=O) groups excluding carboxylic acids is 3. The molecule has 3 rings (SSSR count). The average Bonchev–Trinajstić information content (AvgIpc) is 3.15. The highest BCUT2D eigenvalue weighted by atomic mass is 16.8. The molecule has 0 aromatic heterocycles. The van der Waals surface area contributed by atoms with Crippen LogP contribution in [0, 0.1) is 28.6 Å². The molecule has 1 saturated heterocycles. The summed E-state index contributed by atoms with van der Waals surface area (Å²) in [6.45, 7) is 17.8. The van der Waals surface area contributed by atoms with Gasteiger partial charge in [0.25, 0.3) is 0 Å². The number of rotatable bonds is 9. The summed E-state index contributed by atoms with van der Waals surface area (Å²) in [5.74, 6) is -2.89. The van der Waals surface area contributed by atoms with Crippen molar-refractivity contribution in [1.82, 2.24) is 0 Å². The van der Waals surface area contributed by atoms with Crippen LogP contribution >= 0.6 is 0 Å². The minimum Gasteiger partial charge on any atom is -0.458 e. The van der Waals surface area contributed by atoms with E-state index in [9.17, 15) is 24.6 Å². The Bertz CT molecular complexity index is 1000. The van der Waals surface area contributed by atoms with Gasteiger partial charge in [-0.3, -0.25) is 19.1 Å². The smallest absolute Gasteiger partial charge is 0.309 e. The second kappa shape index (κ2) is 11.3. The maximum atomic E-state index is 12.8. The maximum absolute atomic E-state index is 12.8. The third kappa shape index (κ3) is 5.08. The zero-order valence-corrected chi connectivity index (χ0v) is 23.3. The lowest BCUT2D eigenvalue weighted by Gasteiger charge is -2.62. The van der Waals surface area contributed by atoms with Crippen LogP contribution in [0.15, 0.2) is 36.5 Å². The molecule has 2 N–H and O–H groups in total. The zero-order chi connectivity index (χ0) is 28.6. The van der Waals surface area contributed by atoms with Gasteiger partial charge in [-0.05, 0) is 49.0 Å². The number of aliphatic hydroxyl groups excluding tert-OH is 2. The highest BCUT2D eigenvalue weighted by Crippen LogP contribution is 2.67. The van der Waals surface area contributed by atoms with Crippen LogP contribution in [-0.2, 0) is 33.3 Å². The fraction of sp³-hybridized carbons (Fsp3) is 0.690. The van der Waals surface area contributed by atoms with E-state index in [-0.39, 0.29) is 18.3 Å². The first-order valence-electron chi connectivity index (χ1n) is 13.3. The minimum atomic E-state index is -1.44. The molecule has 212 valence electrons. The molecule has 10 atom stereocenters. The van der Waals surface area contributed by atoms with Gasteiger partial charge in [0.1, 0.15) is 6.10 Å². The van der Waals surface area contributed by atoms with E-state index >= 15 is 0 Å². The molecule has 9 heteroatoms. The van der Waals surface area contributed by atoms with Crippen LogP contribution in [0.5, 0.6) is 0 Å². The van der Waals surface area contributed by atoms with Crippen molar-refractivity contribution >= 4 is 17.9 Å². The number of hydrogen-bond acceptors (Lipinski definition) is 9. The molecule has 1 aliphatic heterocycles. The van der Waals surface area contributed by atoms with Gasteiger partial charge in [-0.1, -0.05) is 52.5 Å². The normalized spacial score (nSPS) is 38.6. The topological polar surface area (TPSA) is 129 Å². The quantitative estimate of drug-likeness (QED) is 0.197. The lowest BCUT2D eigenvalue weighted by Crippen LogP contribution is -2.68. The Morgan fingerprint density at radius 2 is 1.84 bits per heavy atom. The van der Waals surface area contributed by atoms with E-state index in [0.717, 1.165) is 5.57 Å². The molecule has 1 spiro atoms. The van der Waals surface area contributed by atoms with Gasteiger partial charge in [-0.2, -0.15) is 0 Å². The van der Waals surface area contributed by atoms with Crippen molar-refractivity contribution in [2.24, 2.45) is 28.6 Å². The monoisotopic (exact) mass is 534 g/mol. The molecule has 0 bridgehead atoms. The molecule has 2 aliphatic carbocycles. The van der Waals surface area contributed by atoms with Crippen molar-refractivity contribution < 1.29 is 43.5 Å². The van der Waals surface area contributed by atoms with E-state index in [1.54, 1.807) is 19.1 Å². The summed E-state index contributed by atoms with van der Waals surface area (Å²) in [7, 11) is 0. The molecule has 2 fully saturated rings. The molecular formula is C29H42O9. The number of aliphatic hydroxyl groups is 2. The Morgan fingerprint density at radius 1 is 1.21 bits per heavy atom. The van der Waals surface area contributed by atoms with Gasteiger partial charge in [0.15, 0.2) is 0 Å². The molecule has 0 aromatic carbocycles. The van der Waals surface area contributed by atoms with Gasteiger partial charge in [0.2, 0.25) is 12.6 Å². The number of hydrogen-bond donors (Lipinski definition) is 2. The van der Waals surface area contributed by atoms with Crippen molar-refractivity contribution in [2.45, 2.75) is 98.1 Å². The number of carbonyl (C=O) groups is 3. The van der Waals surface area contributed by atoms with E-state index in [4.69, 9.17) is 18.9 Å². The van der Waals surface area contributed by atoms with Crippen molar-refractivity contribution in [3.05, 3.63) is 36.5 Å². The number of allylic oxidation sites excluding steroid dienone is 2. The van der Waals surface area contributed by atoms with E-state index in [1.807, 2.05) is 20.8 Å². The molecule has 0 unspecified atom stereocenters. The van der Waals surface area contributed by atoms with E-state index < -0.39 is 65.5 Å². The summed E-state index contributed by atoms with van der Waals surface area (Å²) in [6, 6.07) is 0. The zero-order valence-electron chi connectivity index (χ0n) is 23.3. The van der Waals surface area contributed by atoms with E-state index in [2.05, 4.69) is 13.2 Å². The minimum absolute atomic E-state index is 0.283. The first-order valence-corrected chi connectivity index (χ1v) is 13.3. The van der Waals surface area contributed by atoms with Gasteiger partial charge >= 0.3 is 17.9 Å². The Balaban J connectivity index is 2.24. The van der Waals surface area contributed by atoms with Crippen LogP contribution in [0.25, 0.3) is 0 Å². The average molecular weight is 535 g/mol. The second-order valence-corrected chi connectivity index (χ2v) is 11.2. The van der Waals surface area contributed by atoms with Crippen LogP contribution < -0.4 is 0 Å². The summed E-state index contributed by atoms with van der Waals surface area (Å²) < 4.78 is 23.0. The van der Waals surface area contributed by atoms with Gasteiger partial charge in [0, 0.05) is 19.4 Å². The molecule has 9 nitrogen and oxygen atoms in total.